The van der Waals surface area contributed by atoms with Gasteiger partial charge < -0.3 is 14.9 Å². The summed E-state index contributed by atoms with van der Waals surface area (Å²) in [5, 5.41) is 13.6. The van der Waals surface area contributed by atoms with Gasteiger partial charge in [-0.2, -0.15) is 5.26 Å². The predicted molar refractivity (Wildman–Crippen MR) is 126 cm³/mol. The van der Waals surface area contributed by atoms with Crippen molar-refractivity contribution in [3.63, 3.8) is 0 Å². The number of benzene rings is 2. The van der Waals surface area contributed by atoms with Gasteiger partial charge in [0.15, 0.2) is 0 Å². The average Bonchev–Trinajstić information content (AvgIpc) is 3.48. The fourth-order valence-electron chi connectivity index (χ4n) is 4.75. The molecule has 2 N–H and O–H groups in total. The summed E-state index contributed by atoms with van der Waals surface area (Å²) in [6, 6.07) is 15.2. The highest BCUT2D eigenvalue weighted by atomic mass is 19.1. The van der Waals surface area contributed by atoms with Gasteiger partial charge in [0.1, 0.15) is 17.5 Å². The van der Waals surface area contributed by atoms with E-state index in [1.807, 2.05) is 24.7 Å². The third kappa shape index (κ3) is 3.36. The van der Waals surface area contributed by atoms with Gasteiger partial charge in [-0.15, -0.1) is 0 Å². The van der Waals surface area contributed by atoms with Gasteiger partial charge in [0, 0.05) is 41.5 Å². The van der Waals surface area contributed by atoms with E-state index in [1.54, 1.807) is 18.3 Å². The molecule has 1 unspecified atom stereocenters. The molecule has 0 amide bonds. The number of pyridine rings is 1. The number of aromatic nitrogens is 4. The van der Waals surface area contributed by atoms with Crippen LogP contribution in [-0.2, 0) is 0 Å². The molecule has 1 saturated heterocycles. The maximum Gasteiger partial charge on any atom is 0.140 e. The van der Waals surface area contributed by atoms with E-state index in [0.29, 0.717) is 6.04 Å². The van der Waals surface area contributed by atoms with Crippen molar-refractivity contribution >= 4 is 22.1 Å². The van der Waals surface area contributed by atoms with Crippen LogP contribution in [-0.4, -0.2) is 32.6 Å². The van der Waals surface area contributed by atoms with Crippen molar-refractivity contribution in [2.45, 2.75) is 18.9 Å². The molecule has 1 atom stereocenters. The third-order valence-electron chi connectivity index (χ3n) is 6.50. The summed E-state index contributed by atoms with van der Waals surface area (Å²) in [4.78, 5) is 12.4. The van der Waals surface area contributed by atoms with Gasteiger partial charge in [-0.3, -0.25) is 0 Å². The number of H-pyrrole nitrogens is 1. The summed E-state index contributed by atoms with van der Waals surface area (Å²) in [6.07, 6.45) is 7.97. The molecule has 1 aliphatic rings. The highest BCUT2D eigenvalue weighted by Gasteiger charge is 2.18. The minimum Gasteiger partial charge on any atom is -0.346 e. The lowest BCUT2D eigenvalue weighted by atomic mass is 10.0. The Morgan fingerprint density at radius 3 is 2.82 bits per heavy atom. The van der Waals surface area contributed by atoms with Crippen LogP contribution in [0, 0.1) is 17.1 Å². The van der Waals surface area contributed by atoms with E-state index in [1.165, 1.54) is 6.07 Å². The van der Waals surface area contributed by atoms with Gasteiger partial charge in [0.05, 0.1) is 22.9 Å². The lowest BCUT2D eigenvalue weighted by Gasteiger charge is -2.24. The smallest absolute Gasteiger partial charge is 0.140 e. The Labute approximate surface area is 189 Å². The zero-order chi connectivity index (χ0) is 22.4. The van der Waals surface area contributed by atoms with Crippen LogP contribution in [0.5, 0.6) is 0 Å². The fourth-order valence-corrected chi connectivity index (χ4v) is 4.75. The number of hydrogen-bond acceptors (Lipinski definition) is 4. The number of hydrogen-bond donors (Lipinski definition) is 2. The molecular weight excluding hydrogens is 415 g/mol. The average molecular weight is 436 g/mol. The van der Waals surface area contributed by atoms with Gasteiger partial charge in [-0.1, -0.05) is 12.1 Å². The first-order chi connectivity index (χ1) is 16.2. The van der Waals surface area contributed by atoms with E-state index in [4.69, 9.17) is 0 Å². The first-order valence-corrected chi connectivity index (χ1v) is 11.1. The van der Waals surface area contributed by atoms with E-state index in [2.05, 4.69) is 43.0 Å². The van der Waals surface area contributed by atoms with Gasteiger partial charge in [-0.25, -0.2) is 14.4 Å². The number of nitrogens with one attached hydrogen (secondary N) is 2. The molecule has 5 aromatic rings. The monoisotopic (exact) mass is 436 g/mol. The molecule has 0 radical (unpaired) electrons. The van der Waals surface area contributed by atoms with E-state index in [-0.39, 0.29) is 5.56 Å². The molecule has 4 heterocycles. The number of piperidine rings is 1. The second-order valence-electron chi connectivity index (χ2n) is 8.48. The van der Waals surface area contributed by atoms with Gasteiger partial charge in [0.25, 0.3) is 0 Å². The molecule has 0 spiro atoms. The predicted octanol–water partition coefficient (Wildman–Crippen LogP) is 5.18. The van der Waals surface area contributed by atoms with Crippen LogP contribution in [0.4, 0.5) is 4.39 Å². The molecule has 0 bridgehead atoms. The van der Waals surface area contributed by atoms with Crippen molar-refractivity contribution in [3.8, 4) is 28.3 Å². The van der Waals surface area contributed by atoms with Gasteiger partial charge in [-0.05, 0) is 60.8 Å². The van der Waals surface area contributed by atoms with E-state index < -0.39 is 5.82 Å². The molecule has 162 valence electrons. The van der Waals surface area contributed by atoms with Crippen LogP contribution in [0.3, 0.4) is 0 Å². The molecule has 6 rings (SSSR count). The van der Waals surface area contributed by atoms with Crippen LogP contribution < -0.4 is 5.32 Å². The molecule has 0 aliphatic carbocycles. The summed E-state index contributed by atoms with van der Waals surface area (Å²) in [5.41, 5.74) is 6.62. The second kappa shape index (κ2) is 7.84. The molecule has 7 heteroatoms. The highest BCUT2D eigenvalue weighted by Crippen LogP contribution is 2.33. The Balaban J connectivity index is 1.45. The Morgan fingerprint density at radius 1 is 1.06 bits per heavy atom. The zero-order valence-corrected chi connectivity index (χ0v) is 17.8. The zero-order valence-electron chi connectivity index (χ0n) is 17.8. The van der Waals surface area contributed by atoms with Crippen LogP contribution in [0.1, 0.15) is 24.4 Å². The highest BCUT2D eigenvalue weighted by molar-refractivity contribution is 5.97. The number of rotatable bonds is 3. The normalized spacial score (nSPS) is 16.3. The third-order valence-corrected chi connectivity index (χ3v) is 6.50. The molecule has 1 aliphatic heterocycles. The maximum atomic E-state index is 13.8. The molecule has 6 nitrogen and oxygen atoms in total. The molecule has 0 saturated carbocycles. The topological polar surface area (TPSA) is 82.3 Å². The fraction of sp³-hybridized carbons (Fsp3) is 0.192. The van der Waals surface area contributed by atoms with Crippen molar-refractivity contribution in [2.75, 3.05) is 13.1 Å². The Bertz CT molecular complexity index is 1530. The molecule has 2 aromatic carbocycles. The summed E-state index contributed by atoms with van der Waals surface area (Å²) in [6.45, 7) is 2.03. The largest absolute Gasteiger partial charge is 0.346 e. The Hall–Kier alpha value is -4.02. The summed E-state index contributed by atoms with van der Waals surface area (Å²) in [5.74, 6) is -0.518. The maximum absolute atomic E-state index is 13.8. The number of nitriles is 1. The van der Waals surface area contributed by atoms with Gasteiger partial charge in [0.2, 0.25) is 0 Å². The van der Waals surface area contributed by atoms with Crippen LogP contribution in [0.15, 0.2) is 61.2 Å². The number of imidazole rings is 1. The van der Waals surface area contributed by atoms with E-state index in [0.717, 1.165) is 70.3 Å². The second-order valence-corrected chi connectivity index (χ2v) is 8.48. The number of aromatic amines is 1. The first-order valence-electron chi connectivity index (χ1n) is 11.1. The Kier molecular flexibility index (Phi) is 4.67. The summed E-state index contributed by atoms with van der Waals surface area (Å²) in [7, 11) is 0. The lowest BCUT2D eigenvalue weighted by Crippen LogP contribution is -2.31. The van der Waals surface area contributed by atoms with Crippen LogP contribution >= 0.6 is 0 Å². The number of fused-ring (bicyclic) bond motifs is 2. The summed E-state index contributed by atoms with van der Waals surface area (Å²) < 4.78 is 16.1. The minimum absolute atomic E-state index is 0.0257. The van der Waals surface area contributed by atoms with Crippen LogP contribution in [0.25, 0.3) is 44.3 Å². The van der Waals surface area contributed by atoms with Crippen molar-refractivity contribution in [1.82, 2.24) is 24.8 Å². The SMILES string of the molecule is N#Cc1cc(-c2cnc3[nH]cc(-c4ccc5ncn(C6CCCNC6)c5c4)c3c2)ccc1F. The van der Waals surface area contributed by atoms with E-state index >= 15 is 0 Å². The first kappa shape index (κ1) is 19.6. The molecule has 1 fully saturated rings. The lowest BCUT2D eigenvalue weighted by molar-refractivity contribution is 0.378. The van der Waals surface area contributed by atoms with Crippen LogP contribution in [0.2, 0.25) is 0 Å². The molecule has 33 heavy (non-hydrogen) atoms. The number of nitrogens with zero attached hydrogens (tertiary/aromatic N) is 4. The van der Waals surface area contributed by atoms with Crippen molar-refractivity contribution in [2.24, 2.45) is 0 Å². The standard InChI is InChI=1S/C26H21FN6/c27-23-5-3-16(8-18(23)11-28)19-9-21-22(14-31-26(21)30-12-19)17-4-6-24-25(10-17)33(15-32-24)20-2-1-7-29-13-20/h3-6,8-10,12,14-15,20,29H,1-2,7,13H2,(H,30,31). The molecule has 3 aromatic heterocycles. The quantitative estimate of drug-likeness (QED) is 0.408. The van der Waals surface area contributed by atoms with E-state index in [9.17, 15) is 9.65 Å². The minimum atomic E-state index is -0.518. The van der Waals surface area contributed by atoms with Crippen molar-refractivity contribution in [3.05, 3.63) is 72.6 Å². The van der Waals surface area contributed by atoms with Gasteiger partial charge >= 0.3 is 0 Å². The van der Waals surface area contributed by atoms with Crippen molar-refractivity contribution < 1.29 is 4.39 Å². The Morgan fingerprint density at radius 2 is 1.97 bits per heavy atom. The molecular formula is C26H21FN6. The summed E-state index contributed by atoms with van der Waals surface area (Å²) >= 11 is 0. The van der Waals surface area contributed by atoms with Crippen molar-refractivity contribution in [1.29, 1.82) is 5.26 Å². The number of halogens is 1.